The van der Waals surface area contributed by atoms with Gasteiger partial charge in [-0.15, -0.1) is 0 Å². The van der Waals surface area contributed by atoms with Gasteiger partial charge in [-0.25, -0.2) is 0 Å². The summed E-state index contributed by atoms with van der Waals surface area (Å²) >= 11 is 0. The molecule has 0 N–H and O–H groups in total. The van der Waals surface area contributed by atoms with Gasteiger partial charge in [0, 0.05) is 19.3 Å². The van der Waals surface area contributed by atoms with Crippen LogP contribution in [0.25, 0.3) is 0 Å². The zero-order chi connectivity index (χ0) is 48.6. The Kier molecular flexibility index (Phi) is 54.2. The second kappa shape index (κ2) is 56.2. The molecule has 392 valence electrons. The molecule has 0 radical (unpaired) electrons. The minimum absolute atomic E-state index is 0.0751. The van der Waals surface area contributed by atoms with Gasteiger partial charge in [0.15, 0.2) is 6.10 Å². The molecule has 0 aromatic carbocycles. The summed E-state index contributed by atoms with van der Waals surface area (Å²) in [7, 11) is 0. The SMILES string of the molecule is CCC/C=C\C/C=C\CCCCCCCC(=O)OC(COC(=O)CCCCCCC)COC(=O)CCCCCCCCCCCCCCCCCCCCC/C=C\CCCCCCCCCC. The van der Waals surface area contributed by atoms with E-state index in [1.165, 1.54) is 180 Å². The molecule has 0 aliphatic rings. The Morgan fingerprint density at radius 1 is 0.299 bits per heavy atom. The number of hydrogen-bond acceptors (Lipinski definition) is 6. The summed E-state index contributed by atoms with van der Waals surface area (Å²) in [5.41, 5.74) is 0. The first-order valence-corrected chi connectivity index (χ1v) is 29.5. The molecular formula is C61H112O6. The third-order valence-electron chi connectivity index (χ3n) is 13.1. The van der Waals surface area contributed by atoms with Gasteiger partial charge < -0.3 is 14.2 Å². The van der Waals surface area contributed by atoms with Gasteiger partial charge in [0.2, 0.25) is 0 Å². The van der Waals surface area contributed by atoms with Gasteiger partial charge in [-0.05, 0) is 70.6 Å². The van der Waals surface area contributed by atoms with Gasteiger partial charge in [-0.1, -0.05) is 263 Å². The van der Waals surface area contributed by atoms with Crippen LogP contribution >= 0.6 is 0 Å². The standard InChI is InChI=1S/C61H112O6/c1-4-7-10-13-15-17-19-21-22-23-24-25-26-27-28-29-30-31-32-33-34-35-36-37-38-40-41-43-45-48-51-54-60(63)66-57-58(56-65-59(62)53-50-47-12-9-6-3)67-61(64)55-52-49-46-44-42-39-20-18-16-14-11-8-5-2/h11,14,18,20,23-24,58H,4-10,12-13,15-17,19,21-22,25-57H2,1-3H3/b14-11-,20-18-,24-23-. The average Bonchev–Trinajstić information content (AvgIpc) is 3.33. The van der Waals surface area contributed by atoms with E-state index in [1.807, 2.05) is 0 Å². The van der Waals surface area contributed by atoms with Crippen molar-refractivity contribution in [1.29, 1.82) is 0 Å². The van der Waals surface area contributed by atoms with Crippen LogP contribution in [-0.2, 0) is 28.6 Å². The molecule has 6 nitrogen and oxygen atoms in total. The lowest BCUT2D eigenvalue weighted by molar-refractivity contribution is -0.167. The van der Waals surface area contributed by atoms with Crippen LogP contribution in [0.2, 0.25) is 0 Å². The lowest BCUT2D eigenvalue weighted by Crippen LogP contribution is -2.30. The van der Waals surface area contributed by atoms with Crippen LogP contribution in [0.1, 0.15) is 316 Å². The number of ether oxygens (including phenoxy) is 3. The highest BCUT2D eigenvalue weighted by molar-refractivity contribution is 5.71. The van der Waals surface area contributed by atoms with E-state index in [-0.39, 0.29) is 31.1 Å². The molecule has 0 aliphatic carbocycles. The number of rotatable bonds is 54. The van der Waals surface area contributed by atoms with Crippen LogP contribution in [0.5, 0.6) is 0 Å². The third-order valence-corrected chi connectivity index (χ3v) is 13.1. The summed E-state index contributed by atoms with van der Waals surface area (Å²) in [5.74, 6) is -0.892. The highest BCUT2D eigenvalue weighted by Crippen LogP contribution is 2.17. The first kappa shape index (κ1) is 64.6. The molecular weight excluding hydrogens is 829 g/mol. The fraction of sp³-hybridized carbons (Fsp3) is 0.852. The van der Waals surface area contributed by atoms with Crippen molar-refractivity contribution < 1.29 is 28.6 Å². The number of carbonyl (C=O) groups excluding carboxylic acids is 3. The fourth-order valence-electron chi connectivity index (χ4n) is 8.65. The molecule has 0 saturated heterocycles. The van der Waals surface area contributed by atoms with Gasteiger partial charge in [0.25, 0.3) is 0 Å². The summed E-state index contributed by atoms with van der Waals surface area (Å²) < 4.78 is 16.7. The second-order valence-corrected chi connectivity index (χ2v) is 19.9. The van der Waals surface area contributed by atoms with Crippen molar-refractivity contribution in [1.82, 2.24) is 0 Å². The number of allylic oxidation sites excluding steroid dienone is 6. The molecule has 0 aliphatic heterocycles. The van der Waals surface area contributed by atoms with Crippen LogP contribution < -0.4 is 0 Å². The van der Waals surface area contributed by atoms with E-state index in [4.69, 9.17) is 14.2 Å². The van der Waals surface area contributed by atoms with Crippen LogP contribution in [-0.4, -0.2) is 37.2 Å². The summed E-state index contributed by atoms with van der Waals surface area (Å²) in [6, 6.07) is 0. The number of carbonyl (C=O) groups is 3. The normalized spacial score (nSPS) is 12.2. The van der Waals surface area contributed by atoms with Crippen molar-refractivity contribution in [2.75, 3.05) is 13.2 Å². The van der Waals surface area contributed by atoms with Crippen LogP contribution in [0, 0.1) is 0 Å². The van der Waals surface area contributed by atoms with E-state index >= 15 is 0 Å². The predicted octanol–water partition coefficient (Wildman–Crippen LogP) is 19.7. The fourth-order valence-corrected chi connectivity index (χ4v) is 8.65. The molecule has 0 heterocycles. The van der Waals surface area contributed by atoms with Crippen molar-refractivity contribution in [2.24, 2.45) is 0 Å². The highest BCUT2D eigenvalue weighted by atomic mass is 16.6. The van der Waals surface area contributed by atoms with Gasteiger partial charge >= 0.3 is 17.9 Å². The molecule has 0 fully saturated rings. The van der Waals surface area contributed by atoms with Crippen LogP contribution in [0.4, 0.5) is 0 Å². The van der Waals surface area contributed by atoms with E-state index in [0.29, 0.717) is 19.3 Å². The summed E-state index contributed by atoms with van der Waals surface area (Å²) in [6.45, 7) is 6.51. The third kappa shape index (κ3) is 54.4. The molecule has 67 heavy (non-hydrogen) atoms. The lowest BCUT2D eigenvalue weighted by Gasteiger charge is -2.18. The van der Waals surface area contributed by atoms with Crippen molar-refractivity contribution >= 4 is 17.9 Å². The van der Waals surface area contributed by atoms with E-state index < -0.39 is 6.10 Å². The van der Waals surface area contributed by atoms with E-state index in [9.17, 15) is 14.4 Å². The lowest BCUT2D eigenvalue weighted by atomic mass is 10.0. The number of unbranched alkanes of at least 4 members (excludes halogenated alkanes) is 37. The van der Waals surface area contributed by atoms with Crippen molar-refractivity contribution in [3.05, 3.63) is 36.5 Å². The Labute approximate surface area is 416 Å². The zero-order valence-corrected chi connectivity index (χ0v) is 44.9. The molecule has 0 spiro atoms. The van der Waals surface area contributed by atoms with Crippen LogP contribution in [0.3, 0.4) is 0 Å². The minimum atomic E-state index is -0.772. The Balaban J connectivity index is 3.89. The topological polar surface area (TPSA) is 78.9 Å². The summed E-state index contributed by atoms with van der Waals surface area (Å²) in [4.78, 5) is 37.7. The molecule has 0 aromatic rings. The first-order valence-electron chi connectivity index (χ1n) is 29.5. The quantitative estimate of drug-likeness (QED) is 0.0262. The summed E-state index contributed by atoms with van der Waals surface area (Å²) in [5, 5.41) is 0. The maximum Gasteiger partial charge on any atom is 0.306 e. The average molecular weight is 942 g/mol. The molecule has 0 rings (SSSR count). The molecule has 0 aromatic heterocycles. The minimum Gasteiger partial charge on any atom is -0.462 e. The Bertz CT molecular complexity index is 1130. The smallest absolute Gasteiger partial charge is 0.306 e. The van der Waals surface area contributed by atoms with Gasteiger partial charge in [0.05, 0.1) is 0 Å². The largest absolute Gasteiger partial charge is 0.462 e. The van der Waals surface area contributed by atoms with Gasteiger partial charge in [0.1, 0.15) is 13.2 Å². The first-order chi connectivity index (χ1) is 33.0. The zero-order valence-electron chi connectivity index (χ0n) is 44.9. The monoisotopic (exact) mass is 941 g/mol. The van der Waals surface area contributed by atoms with E-state index in [1.54, 1.807) is 0 Å². The molecule has 1 atom stereocenters. The van der Waals surface area contributed by atoms with Crippen molar-refractivity contribution in [2.45, 2.75) is 322 Å². The maximum absolute atomic E-state index is 12.7. The van der Waals surface area contributed by atoms with Crippen molar-refractivity contribution in [3.63, 3.8) is 0 Å². The molecule has 0 bridgehead atoms. The Morgan fingerprint density at radius 3 is 0.896 bits per heavy atom. The number of esters is 3. The Hall–Kier alpha value is -2.37. The molecule has 0 saturated carbocycles. The van der Waals surface area contributed by atoms with E-state index in [0.717, 1.165) is 96.3 Å². The molecule has 6 heteroatoms. The van der Waals surface area contributed by atoms with Gasteiger partial charge in [-0.3, -0.25) is 14.4 Å². The number of hydrogen-bond donors (Lipinski definition) is 0. The highest BCUT2D eigenvalue weighted by Gasteiger charge is 2.19. The second-order valence-electron chi connectivity index (χ2n) is 19.9. The summed E-state index contributed by atoms with van der Waals surface area (Å²) in [6.07, 6.45) is 67.8. The van der Waals surface area contributed by atoms with Gasteiger partial charge in [-0.2, -0.15) is 0 Å². The van der Waals surface area contributed by atoms with E-state index in [2.05, 4.69) is 57.2 Å². The Morgan fingerprint density at radius 2 is 0.567 bits per heavy atom. The van der Waals surface area contributed by atoms with Crippen LogP contribution in [0.15, 0.2) is 36.5 Å². The molecule has 0 amide bonds. The predicted molar refractivity (Wildman–Crippen MR) is 289 cm³/mol. The van der Waals surface area contributed by atoms with Crippen molar-refractivity contribution in [3.8, 4) is 0 Å². The molecule has 1 unspecified atom stereocenters. The maximum atomic E-state index is 12.7.